The second-order valence-electron chi connectivity index (χ2n) is 4.81. The predicted molar refractivity (Wildman–Crippen MR) is 73.4 cm³/mol. The first kappa shape index (κ1) is 11.9. The highest BCUT2D eigenvalue weighted by atomic mass is 32.1. The minimum atomic E-state index is 0.673. The minimum absolute atomic E-state index is 0.673. The van der Waals surface area contributed by atoms with Gasteiger partial charge in [-0.25, -0.2) is 4.98 Å². The van der Waals surface area contributed by atoms with Crippen LogP contribution in [-0.2, 0) is 13.6 Å². The van der Waals surface area contributed by atoms with Gasteiger partial charge in [-0.3, -0.25) is 4.68 Å². The third-order valence-corrected chi connectivity index (χ3v) is 4.36. The van der Waals surface area contributed by atoms with E-state index in [2.05, 4.69) is 26.8 Å². The maximum Gasteiger partial charge on any atom is 0.191 e. The quantitative estimate of drug-likeness (QED) is 0.921. The highest BCUT2D eigenvalue weighted by Gasteiger charge is 2.16. The molecular formula is C13H18N4S. The first-order chi connectivity index (χ1) is 8.83. The SMILES string of the molecule is Cn1nc(-c2cccs2)nc1CNC1CCCC1. The second kappa shape index (κ2) is 5.20. The molecule has 3 rings (SSSR count). The average molecular weight is 262 g/mol. The van der Waals surface area contributed by atoms with Gasteiger partial charge >= 0.3 is 0 Å². The molecule has 4 nitrogen and oxygen atoms in total. The van der Waals surface area contributed by atoms with E-state index in [1.807, 2.05) is 17.8 Å². The van der Waals surface area contributed by atoms with Crippen molar-refractivity contribution in [2.24, 2.45) is 7.05 Å². The van der Waals surface area contributed by atoms with Crippen LogP contribution in [0.1, 0.15) is 31.5 Å². The molecular weight excluding hydrogens is 244 g/mol. The molecule has 2 aromatic rings. The summed E-state index contributed by atoms with van der Waals surface area (Å²) in [5.74, 6) is 1.86. The maximum absolute atomic E-state index is 4.61. The number of aryl methyl sites for hydroxylation is 1. The van der Waals surface area contributed by atoms with Gasteiger partial charge in [0.1, 0.15) is 5.82 Å². The van der Waals surface area contributed by atoms with Crippen molar-refractivity contribution in [3.63, 3.8) is 0 Å². The number of nitrogens with zero attached hydrogens (tertiary/aromatic N) is 3. The van der Waals surface area contributed by atoms with E-state index in [1.165, 1.54) is 25.7 Å². The normalized spacial score (nSPS) is 16.5. The lowest BCUT2D eigenvalue weighted by atomic mass is 10.2. The third kappa shape index (κ3) is 2.47. The zero-order chi connectivity index (χ0) is 12.4. The van der Waals surface area contributed by atoms with E-state index in [9.17, 15) is 0 Å². The summed E-state index contributed by atoms with van der Waals surface area (Å²) in [6.07, 6.45) is 5.32. The Hall–Kier alpha value is -1.20. The lowest BCUT2D eigenvalue weighted by Gasteiger charge is -2.10. The summed E-state index contributed by atoms with van der Waals surface area (Å²) in [5, 5.41) is 10.1. The number of hydrogen-bond donors (Lipinski definition) is 1. The molecule has 2 aromatic heterocycles. The first-order valence-electron chi connectivity index (χ1n) is 6.50. The van der Waals surface area contributed by atoms with Gasteiger partial charge in [-0.2, -0.15) is 5.10 Å². The summed E-state index contributed by atoms with van der Waals surface area (Å²) in [7, 11) is 1.97. The molecule has 5 heteroatoms. The fraction of sp³-hybridized carbons (Fsp3) is 0.538. The molecule has 0 radical (unpaired) electrons. The summed E-state index contributed by atoms with van der Waals surface area (Å²) in [4.78, 5) is 5.75. The van der Waals surface area contributed by atoms with E-state index in [4.69, 9.17) is 0 Å². The summed E-state index contributed by atoms with van der Waals surface area (Å²) in [5.41, 5.74) is 0. The first-order valence-corrected chi connectivity index (χ1v) is 7.38. The molecule has 0 amide bonds. The Morgan fingerprint density at radius 1 is 1.44 bits per heavy atom. The van der Waals surface area contributed by atoms with Crippen molar-refractivity contribution >= 4 is 11.3 Å². The molecule has 1 saturated carbocycles. The molecule has 0 saturated heterocycles. The van der Waals surface area contributed by atoms with E-state index < -0.39 is 0 Å². The summed E-state index contributed by atoms with van der Waals surface area (Å²) >= 11 is 1.68. The van der Waals surface area contributed by atoms with E-state index in [0.29, 0.717) is 6.04 Å². The molecule has 1 N–H and O–H groups in total. The van der Waals surface area contributed by atoms with Crippen LogP contribution in [0.3, 0.4) is 0 Å². The fourth-order valence-corrected chi connectivity index (χ4v) is 3.10. The highest BCUT2D eigenvalue weighted by molar-refractivity contribution is 7.13. The number of thiophene rings is 1. The molecule has 0 aromatic carbocycles. The standard InChI is InChI=1S/C13H18N4S/c1-17-12(9-14-10-5-2-3-6-10)15-13(16-17)11-7-4-8-18-11/h4,7-8,10,14H,2-3,5-6,9H2,1H3. The molecule has 0 aliphatic heterocycles. The Labute approximate surface area is 111 Å². The van der Waals surface area contributed by atoms with Gasteiger partial charge in [0.15, 0.2) is 5.82 Å². The summed E-state index contributed by atoms with van der Waals surface area (Å²) in [6.45, 7) is 0.819. The molecule has 0 spiro atoms. The second-order valence-corrected chi connectivity index (χ2v) is 5.76. The zero-order valence-electron chi connectivity index (χ0n) is 10.6. The Kier molecular flexibility index (Phi) is 3.43. The van der Waals surface area contributed by atoms with Gasteiger partial charge < -0.3 is 5.32 Å². The average Bonchev–Trinajstić information content (AvgIpc) is 3.09. The molecule has 1 aliphatic carbocycles. The van der Waals surface area contributed by atoms with Crippen LogP contribution in [0.5, 0.6) is 0 Å². The van der Waals surface area contributed by atoms with Crippen LogP contribution in [-0.4, -0.2) is 20.8 Å². The van der Waals surface area contributed by atoms with Crippen molar-refractivity contribution in [1.29, 1.82) is 0 Å². The van der Waals surface area contributed by atoms with Crippen molar-refractivity contribution in [3.8, 4) is 10.7 Å². The van der Waals surface area contributed by atoms with Gasteiger partial charge in [0.25, 0.3) is 0 Å². The van der Waals surface area contributed by atoms with Crippen LogP contribution >= 0.6 is 11.3 Å². The summed E-state index contributed by atoms with van der Waals surface area (Å²) < 4.78 is 1.89. The maximum atomic E-state index is 4.61. The Bertz CT molecular complexity index is 497. The van der Waals surface area contributed by atoms with E-state index >= 15 is 0 Å². The van der Waals surface area contributed by atoms with Crippen molar-refractivity contribution in [2.45, 2.75) is 38.3 Å². The highest BCUT2D eigenvalue weighted by Crippen LogP contribution is 2.21. The van der Waals surface area contributed by atoms with Gasteiger partial charge in [0, 0.05) is 13.1 Å². The topological polar surface area (TPSA) is 42.7 Å². The van der Waals surface area contributed by atoms with Crippen LogP contribution < -0.4 is 5.32 Å². The monoisotopic (exact) mass is 262 g/mol. The minimum Gasteiger partial charge on any atom is -0.307 e. The zero-order valence-corrected chi connectivity index (χ0v) is 11.4. The lowest BCUT2D eigenvalue weighted by molar-refractivity contribution is 0.502. The molecule has 0 unspecified atom stereocenters. The van der Waals surface area contributed by atoms with Crippen molar-refractivity contribution < 1.29 is 0 Å². The van der Waals surface area contributed by atoms with Gasteiger partial charge in [-0.1, -0.05) is 18.9 Å². The van der Waals surface area contributed by atoms with Crippen molar-refractivity contribution in [1.82, 2.24) is 20.1 Å². The van der Waals surface area contributed by atoms with E-state index in [-0.39, 0.29) is 0 Å². The molecule has 2 heterocycles. The van der Waals surface area contributed by atoms with Crippen LogP contribution in [0.15, 0.2) is 17.5 Å². The molecule has 18 heavy (non-hydrogen) atoms. The van der Waals surface area contributed by atoms with Crippen LogP contribution in [0, 0.1) is 0 Å². The number of hydrogen-bond acceptors (Lipinski definition) is 4. The molecule has 1 fully saturated rings. The number of nitrogens with one attached hydrogen (secondary N) is 1. The Balaban J connectivity index is 1.68. The molecule has 0 atom stereocenters. The molecule has 1 aliphatic rings. The lowest BCUT2D eigenvalue weighted by Crippen LogP contribution is -2.26. The van der Waals surface area contributed by atoms with Crippen LogP contribution in [0.2, 0.25) is 0 Å². The number of aromatic nitrogens is 3. The van der Waals surface area contributed by atoms with Crippen LogP contribution in [0.25, 0.3) is 10.7 Å². The Morgan fingerprint density at radius 2 is 2.28 bits per heavy atom. The van der Waals surface area contributed by atoms with Gasteiger partial charge in [0.2, 0.25) is 0 Å². The van der Waals surface area contributed by atoms with Crippen molar-refractivity contribution in [2.75, 3.05) is 0 Å². The van der Waals surface area contributed by atoms with E-state index in [0.717, 1.165) is 23.1 Å². The van der Waals surface area contributed by atoms with Gasteiger partial charge in [-0.05, 0) is 24.3 Å². The van der Waals surface area contributed by atoms with Crippen LogP contribution in [0.4, 0.5) is 0 Å². The van der Waals surface area contributed by atoms with Gasteiger partial charge in [-0.15, -0.1) is 11.3 Å². The fourth-order valence-electron chi connectivity index (χ4n) is 2.45. The largest absolute Gasteiger partial charge is 0.307 e. The van der Waals surface area contributed by atoms with E-state index in [1.54, 1.807) is 11.3 Å². The third-order valence-electron chi connectivity index (χ3n) is 3.50. The summed E-state index contributed by atoms with van der Waals surface area (Å²) in [6, 6.07) is 4.77. The van der Waals surface area contributed by atoms with Gasteiger partial charge in [0.05, 0.1) is 11.4 Å². The molecule has 0 bridgehead atoms. The molecule has 96 valence electrons. The Morgan fingerprint density at radius 3 is 3.00 bits per heavy atom. The number of rotatable bonds is 4. The smallest absolute Gasteiger partial charge is 0.191 e. The van der Waals surface area contributed by atoms with Crippen molar-refractivity contribution in [3.05, 3.63) is 23.3 Å². The predicted octanol–water partition coefficient (Wildman–Crippen LogP) is 2.58.